The van der Waals surface area contributed by atoms with Gasteiger partial charge in [0.05, 0.1) is 5.02 Å². The Hall–Kier alpha value is -1.83. The van der Waals surface area contributed by atoms with Crippen LogP contribution in [0.2, 0.25) is 5.02 Å². The molecular formula is C8H5ClF2N2O4. The molecule has 0 aliphatic heterocycles. The number of aromatic nitrogens is 1. The molecule has 0 fully saturated rings. The summed E-state index contributed by atoms with van der Waals surface area (Å²) in [7, 11) is 0. The SMILES string of the molecule is O=C(O)Cc1nc([N+](=O)[O-])c(C(F)F)cc1Cl. The molecule has 0 aliphatic rings. The van der Waals surface area contributed by atoms with Gasteiger partial charge in [-0.2, -0.15) is 0 Å². The second-order valence-corrected chi connectivity index (χ2v) is 3.37. The van der Waals surface area contributed by atoms with Crippen LogP contribution in [0.4, 0.5) is 14.6 Å². The summed E-state index contributed by atoms with van der Waals surface area (Å²) in [6.45, 7) is 0. The van der Waals surface area contributed by atoms with Crippen LogP contribution in [-0.2, 0) is 11.2 Å². The maximum atomic E-state index is 12.4. The number of aliphatic carboxylic acids is 1. The van der Waals surface area contributed by atoms with E-state index in [0.717, 1.165) is 0 Å². The highest BCUT2D eigenvalue weighted by Crippen LogP contribution is 2.31. The molecule has 6 nitrogen and oxygen atoms in total. The number of hydrogen-bond acceptors (Lipinski definition) is 4. The summed E-state index contributed by atoms with van der Waals surface area (Å²) in [5.41, 5.74) is -1.26. The normalized spacial score (nSPS) is 10.6. The molecule has 0 spiro atoms. The predicted molar refractivity (Wildman–Crippen MR) is 52.2 cm³/mol. The van der Waals surface area contributed by atoms with E-state index >= 15 is 0 Å². The molecule has 92 valence electrons. The van der Waals surface area contributed by atoms with Crippen molar-refractivity contribution in [1.29, 1.82) is 0 Å². The number of carboxylic acids is 1. The first-order valence-electron chi connectivity index (χ1n) is 4.16. The van der Waals surface area contributed by atoms with Gasteiger partial charge in [0, 0.05) is 0 Å². The van der Waals surface area contributed by atoms with E-state index < -0.39 is 35.1 Å². The highest BCUT2D eigenvalue weighted by molar-refractivity contribution is 6.31. The van der Waals surface area contributed by atoms with Gasteiger partial charge in [0.25, 0.3) is 6.43 Å². The Morgan fingerprint density at radius 1 is 1.65 bits per heavy atom. The first-order chi connectivity index (χ1) is 7.82. The fourth-order valence-corrected chi connectivity index (χ4v) is 1.33. The van der Waals surface area contributed by atoms with Gasteiger partial charge in [0.2, 0.25) is 0 Å². The number of halogens is 3. The molecule has 1 aromatic rings. The quantitative estimate of drug-likeness (QED) is 0.666. The van der Waals surface area contributed by atoms with Crippen LogP contribution >= 0.6 is 11.6 Å². The lowest BCUT2D eigenvalue weighted by molar-refractivity contribution is -0.391. The van der Waals surface area contributed by atoms with Crippen LogP contribution in [0.3, 0.4) is 0 Å². The molecule has 0 saturated carbocycles. The van der Waals surface area contributed by atoms with Gasteiger partial charge in [-0.05, 0) is 16.0 Å². The van der Waals surface area contributed by atoms with Crippen LogP contribution in [0.15, 0.2) is 6.07 Å². The second-order valence-electron chi connectivity index (χ2n) is 2.96. The summed E-state index contributed by atoms with van der Waals surface area (Å²) in [6, 6.07) is 0.662. The van der Waals surface area contributed by atoms with Crippen LogP contribution in [-0.4, -0.2) is 21.0 Å². The van der Waals surface area contributed by atoms with E-state index in [1.165, 1.54) is 0 Å². The molecule has 0 aliphatic carbocycles. The topological polar surface area (TPSA) is 93.3 Å². The molecule has 9 heteroatoms. The van der Waals surface area contributed by atoms with E-state index in [-0.39, 0.29) is 10.7 Å². The molecule has 1 rings (SSSR count). The maximum Gasteiger partial charge on any atom is 0.372 e. The van der Waals surface area contributed by atoms with Crippen molar-refractivity contribution in [1.82, 2.24) is 4.98 Å². The third-order valence-electron chi connectivity index (χ3n) is 1.78. The number of nitro groups is 1. The zero-order valence-corrected chi connectivity index (χ0v) is 8.82. The Labute approximate surface area is 98.0 Å². The molecule has 17 heavy (non-hydrogen) atoms. The Bertz CT molecular complexity index is 481. The van der Waals surface area contributed by atoms with Gasteiger partial charge < -0.3 is 15.2 Å². The van der Waals surface area contributed by atoms with Crippen molar-refractivity contribution in [3.8, 4) is 0 Å². The van der Waals surface area contributed by atoms with Crippen molar-refractivity contribution in [2.45, 2.75) is 12.8 Å². The lowest BCUT2D eigenvalue weighted by Crippen LogP contribution is -2.07. The van der Waals surface area contributed by atoms with Gasteiger partial charge in [-0.25, -0.2) is 8.78 Å². The summed E-state index contributed by atoms with van der Waals surface area (Å²) in [5, 5.41) is 18.6. The molecule has 0 amide bonds. The number of carbonyl (C=O) groups is 1. The molecule has 0 atom stereocenters. The Morgan fingerprint density at radius 3 is 2.65 bits per heavy atom. The highest BCUT2D eigenvalue weighted by Gasteiger charge is 2.27. The molecule has 1 N–H and O–H groups in total. The van der Waals surface area contributed by atoms with Crippen LogP contribution in [0.1, 0.15) is 17.7 Å². The van der Waals surface area contributed by atoms with Crippen molar-refractivity contribution in [2.75, 3.05) is 0 Å². The monoisotopic (exact) mass is 266 g/mol. The van der Waals surface area contributed by atoms with Gasteiger partial charge >= 0.3 is 11.8 Å². The smallest absolute Gasteiger partial charge is 0.372 e. The first-order valence-corrected chi connectivity index (χ1v) is 4.54. The van der Waals surface area contributed by atoms with Crippen LogP contribution in [0, 0.1) is 10.1 Å². The second kappa shape index (κ2) is 5.00. The standard InChI is InChI=1S/C8H5ClF2N2O4/c9-4-1-3(7(10)11)8(13(16)17)12-5(4)2-6(14)15/h1,7H,2H2,(H,14,15). The van der Waals surface area contributed by atoms with Crippen molar-refractivity contribution in [3.63, 3.8) is 0 Å². The lowest BCUT2D eigenvalue weighted by atomic mass is 10.2. The predicted octanol–water partition coefficient (Wildman–Crippen LogP) is 2.21. The minimum atomic E-state index is -3.11. The third kappa shape index (κ3) is 3.06. The summed E-state index contributed by atoms with van der Waals surface area (Å²) in [6.07, 6.45) is -3.79. The fourth-order valence-electron chi connectivity index (χ4n) is 1.10. The summed E-state index contributed by atoms with van der Waals surface area (Å²) < 4.78 is 24.9. The maximum absolute atomic E-state index is 12.4. The van der Waals surface area contributed by atoms with Crippen LogP contribution in [0.25, 0.3) is 0 Å². The number of pyridine rings is 1. The molecule has 0 saturated heterocycles. The minimum absolute atomic E-state index is 0.324. The molecule has 0 aromatic carbocycles. The van der Waals surface area contributed by atoms with Gasteiger partial charge in [0.15, 0.2) is 5.69 Å². The van der Waals surface area contributed by atoms with Crippen molar-refractivity contribution in [3.05, 3.63) is 32.5 Å². The Morgan fingerprint density at radius 2 is 2.24 bits per heavy atom. The van der Waals surface area contributed by atoms with Crippen molar-refractivity contribution >= 4 is 23.4 Å². The van der Waals surface area contributed by atoms with E-state index in [1.54, 1.807) is 0 Å². The van der Waals surface area contributed by atoms with Crippen molar-refractivity contribution in [2.24, 2.45) is 0 Å². The molecule has 0 unspecified atom stereocenters. The van der Waals surface area contributed by atoms with E-state index in [1.807, 2.05) is 0 Å². The summed E-state index contributed by atoms with van der Waals surface area (Å²) in [5.74, 6) is -2.40. The number of carboxylic acid groups (broad SMARTS) is 1. The third-order valence-corrected chi connectivity index (χ3v) is 2.11. The highest BCUT2D eigenvalue weighted by atomic mass is 35.5. The number of hydrogen-bond donors (Lipinski definition) is 1. The van der Waals surface area contributed by atoms with Crippen LogP contribution in [0.5, 0.6) is 0 Å². The fraction of sp³-hybridized carbons (Fsp3) is 0.250. The molecule has 1 heterocycles. The Kier molecular flexibility index (Phi) is 3.89. The van der Waals surface area contributed by atoms with E-state index in [2.05, 4.69) is 4.98 Å². The van der Waals surface area contributed by atoms with Gasteiger partial charge in [-0.3, -0.25) is 4.79 Å². The molecular weight excluding hydrogens is 262 g/mol. The van der Waals surface area contributed by atoms with E-state index in [4.69, 9.17) is 16.7 Å². The summed E-state index contributed by atoms with van der Waals surface area (Å²) in [4.78, 5) is 23.0. The van der Waals surface area contributed by atoms with Gasteiger partial charge in [0.1, 0.15) is 12.0 Å². The average molecular weight is 267 g/mol. The summed E-state index contributed by atoms with van der Waals surface area (Å²) >= 11 is 5.51. The van der Waals surface area contributed by atoms with E-state index in [9.17, 15) is 23.7 Å². The molecule has 0 radical (unpaired) electrons. The zero-order chi connectivity index (χ0) is 13.2. The number of rotatable bonds is 4. The molecule has 0 bridgehead atoms. The van der Waals surface area contributed by atoms with Gasteiger partial charge in [-0.1, -0.05) is 11.6 Å². The largest absolute Gasteiger partial charge is 0.481 e. The van der Waals surface area contributed by atoms with Crippen molar-refractivity contribution < 1.29 is 23.6 Å². The molecule has 1 aromatic heterocycles. The van der Waals surface area contributed by atoms with Gasteiger partial charge in [-0.15, -0.1) is 0 Å². The number of alkyl halides is 2. The first kappa shape index (κ1) is 13.2. The average Bonchev–Trinajstić information content (AvgIpc) is 2.19. The zero-order valence-electron chi connectivity index (χ0n) is 8.06. The van der Waals surface area contributed by atoms with Crippen LogP contribution < -0.4 is 0 Å². The lowest BCUT2D eigenvalue weighted by Gasteiger charge is -2.03. The minimum Gasteiger partial charge on any atom is -0.481 e. The Balaban J connectivity index is 3.34. The van der Waals surface area contributed by atoms with E-state index in [0.29, 0.717) is 6.07 Å². The number of nitrogens with zero attached hydrogens (tertiary/aromatic N) is 2.